The lowest BCUT2D eigenvalue weighted by molar-refractivity contribution is -0.130. The number of fused-ring (bicyclic) bond motifs is 1. The molecule has 2 unspecified atom stereocenters. The smallest absolute Gasteiger partial charge is 0.248 e. The molecule has 2 rings (SSSR count). The largest absolute Gasteiger partial charge is 0.372 e. The number of nitrogens with one attached hydrogen (secondary N) is 1. The quantitative estimate of drug-likeness (QED) is 0.833. The molecular formula is C13H17NO2. The third-order valence-electron chi connectivity index (χ3n) is 3.21. The third-order valence-corrected chi connectivity index (χ3v) is 3.21. The van der Waals surface area contributed by atoms with E-state index in [9.17, 15) is 4.79 Å². The van der Waals surface area contributed by atoms with Crippen molar-refractivity contribution < 1.29 is 9.53 Å². The van der Waals surface area contributed by atoms with E-state index in [4.69, 9.17) is 4.74 Å². The van der Waals surface area contributed by atoms with Gasteiger partial charge in [-0.1, -0.05) is 24.3 Å². The number of carbonyl (C=O) groups is 1. The van der Waals surface area contributed by atoms with Gasteiger partial charge >= 0.3 is 0 Å². The monoisotopic (exact) mass is 219 g/mol. The van der Waals surface area contributed by atoms with E-state index in [-0.39, 0.29) is 12.0 Å². The van der Waals surface area contributed by atoms with Crippen LogP contribution in [0.4, 0.5) is 0 Å². The van der Waals surface area contributed by atoms with Gasteiger partial charge in [-0.2, -0.15) is 0 Å². The maximum absolute atomic E-state index is 11.5. The molecule has 1 aromatic carbocycles. The van der Waals surface area contributed by atoms with Crippen LogP contribution in [0.15, 0.2) is 24.3 Å². The summed E-state index contributed by atoms with van der Waals surface area (Å²) in [6, 6.07) is 8.38. The van der Waals surface area contributed by atoms with E-state index in [1.165, 1.54) is 11.1 Å². The summed E-state index contributed by atoms with van der Waals surface area (Å²) in [5.41, 5.74) is 2.77. The summed E-state index contributed by atoms with van der Waals surface area (Å²) < 4.78 is 4.95. The third kappa shape index (κ3) is 2.09. The van der Waals surface area contributed by atoms with Crippen LogP contribution < -0.4 is 5.32 Å². The highest BCUT2D eigenvalue weighted by molar-refractivity contribution is 5.80. The zero-order valence-electron chi connectivity index (χ0n) is 9.69. The van der Waals surface area contributed by atoms with Gasteiger partial charge in [0.15, 0.2) is 0 Å². The van der Waals surface area contributed by atoms with Gasteiger partial charge in [-0.3, -0.25) is 4.79 Å². The average Bonchev–Trinajstić information content (AvgIpc) is 2.29. The minimum absolute atomic E-state index is 0.0353. The molecule has 0 aliphatic heterocycles. The van der Waals surface area contributed by atoms with Gasteiger partial charge in [0.1, 0.15) is 6.10 Å². The summed E-state index contributed by atoms with van der Waals surface area (Å²) in [4.78, 5) is 11.5. The number of hydrogen-bond acceptors (Lipinski definition) is 2. The number of benzene rings is 1. The van der Waals surface area contributed by atoms with Gasteiger partial charge in [0.2, 0.25) is 5.91 Å². The van der Waals surface area contributed by atoms with Gasteiger partial charge in [0.25, 0.3) is 0 Å². The van der Waals surface area contributed by atoms with Crippen LogP contribution in [-0.2, 0) is 16.0 Å². The van der Waals surface area contributed by atoms with E-state index >= 15 is 0 Å². The van der Waals surface area contributed by atoms with Crippen LogP contribution in [0, 0.1) is 0 Å². The van der Waals surface area contributed by atoms with Crippen LogP contribution in [0.3, 0.4) is 0 Å². The van der Waals surface area contributed by atoms with Crippen molar-refractivity contribution in [3.8, 4) is 0 Å². The molecule has 1 aliphatic carbocycles. The summed E-state index contributed by atoms with van der Waals surface area (Å²) in [7, 11) is 1.54. The Labute approximate surface area is 95.8 Å². The Kier molecular flexibility index (Phi) is 3.25. The normalized spacial score (nSPS) is 19.5. The predicted octanol–water partition coefficient (Wildman–Crippen LogP) is 1.48. The number of amides is 1. The standard InChI is InChI=1S/C13H17NO2/c1-9(16-2)13(15)14-8-11-7-10-5-3-4-6-12(10)11/h3-6,9,11H,7-8H2,1-2H3,(H,14,15). The summed E-state index contributed by atoms with van der Waals surface area (Å²) in [6.07, 6.45) is 0.702. The number of carbonyl (C=O) groups excluding carboxylic acids is 1. The summed E-state index contributed by atoms with van der Waals surface area (Å²) in [6.45, 7) is 2.47. The molecule has 0 aromatic heterocycles. The van der Waals surface area contributed by atoms with Crippen molar-refractivity contribution in [1.82, 2.24) is 5.32 Å². The van der Waals surface area contributed by atoms with E-state index in [0.29, 0.717) is 12.5 Å². The maximum Gasteiger partial charge on any atom is 0.248 e. The molecule has 1 N–H and O–H groups in total. The molecule has 0 fully saturated rings. The first-order valence-corrected chi connectivity index (χ1v) is 5.60. The molecule has 16 heavy (non-hydrogen) atoms. The van der Waals surface area contributed by atoms with Crippen molar-refractivity contribution in [2.75, 3.05) is 13.7 Å². The Balaban J connectivity index is 1.84. The van der Waals surface area contributed by atoms with Crippen molar-refractivity contribution in [3.63, 3.8) is 0 Å². The van der Waals surface area contributed by atoms with Crippen LogP contribution in [0.2, 0.25) is 0 Å². The Bertz CT molecular complexity index is 389. The molecule has 2 atom stereocenters. The highest BCUT2D eigenvalue weighted by Crippen LogP contribution is 2.33. The van der Waals surface area contributed by atoms with E-state index in [2.05, 4.69) is 23.5 Å². The number of ether oxygens (including phenoxy) is 1. The van der Waals surface area contributed by atoms with Crippen molar-refractivity contribution in [3.05, 3.63) is 35.4 Å². The van der Waals surface area contributed by atoms with Gasteiger partial charge in [0, 0.05) is 19.6 Å². The highest BCUT2D eigenvalue weighted by Gasteiger charge is 2.26. The Hall–Kier alpha value is -1.35. The Morgan fingerprint density at radius 3 is 3.00 bits per heavy atom. The minimum atomic E-state index is -0.365. The minimum Gasteiger partial charge on any atom is -0.372 e. The SMILES string of the molecule is COC(C)C(=O)NCC1Cc2ccccc21. The Morgan fingerprint density at radius 1 is 1.56 bits per heavy atom. The first kappa shape index (κ1) is 11.1. The highest BCUT2D eigenvalue weighted by atomic mass is 16.5. The topological polar surface area (TPSA) is 38.3 Å². The Morgan fingerprint density at radius 2 is 2.31 bits per heavy atom. The fourth-order valence-electron chi connectivity index (χ4n) is 2.02. The molecule has 3 heteroatoms. The fourth-order valence-corrected chi connectivity index (χ4v) is 2.02. The fraction of sp³-hybridized carbons (Fsp3) is 0.462. The van der Waals surface area contributed by atoms with Gasteiger partial charge in [-0.25, -0.2) is 0 Å². The van der Waals surface area contributed by atoms with Crippen LogP contribution in [0.25, 0.3) is 0 Å². The molecule has 3 nitrogen and oxygen atoms in total. The lowest BCUT2D eigenvalue weighted by Gasteiger charge is -2.30. The first-order valence-electron chi connectivity index (χ1n) is 5.60. The number of hydrogen-bond donors (Lipinski definition) is 1. The van der Waals surface area contributed by atoms with E-state index in [0.717, 1.165) is 6.42 Å². The number of rotatable bonds is 4. The molecule has 1 aliphatic rings. The van der Waals surface area contributed by atoms with E-state index in [1.54, 1.807) is 14.0 Å². The lowest BCUT2D eigenvalue weighted by atomic mass is 9.77. The van der Waals surface area contributed by atoms with Crippen molar-refractivity contribution in [2.24, 2.45) is 0 Å². The summed E-state index contributed by atoms with van der Waals surface area (Å²) >= 11 is 0. The molecule has 1 aromatic rings. The summed E-state index contributed by atoms with van der Waals surface area (Å²) in [5.74, 6) is 0.441. The van der Waals surface area contributed by atoms with Crippen molar-refractivity contribution in [2.45, 2.75) is 25.4 Å². The lowest BCUT2D eigenvalue weighted by Crippen LogP contribution is -2.38. The molecule has 0 spiro atoms. The second kappa shape index (κ2) is 4.66. The molecule has 1 amide bonds. The van der Waals surface area contributed by atoms with E-state index < -0.39 is 0 Å². The molecule has 0 bridgehead atoms. The van der Waals surface area contributed by atoms with Gasteiger partial charge in [-0.05, 0) is 24.5 Å². The summed E-state index contributed by atoms with van der Waals surface area (Å²) in [5, 5.41) is 2.91. The second-order valence-electron chi connectivity index (χ2n) is 4.22. The molecule has 0 saturated carbocycles. The average molecular weight is 219 g/mol. The van der Waals surface area contributed by atoms with Crippen molar-refractivity contribution >= 4 is 5.91 Å². The van der Waals surface area contributed by atoms with Crippen LogP contribution in [-0.4, -0.2) is 25.7 Å². The first-order chi connectivity index (χ1) is 7.72. The number of methoxy groups -OCH3 is 1. The zero-order valence-corrected chi connectivity index (χ0v) is 9.69. The molecular weight excluding hydrogens is 202 g/mol. The van der Waals surface area contributed by atoms with Gasteiger partial charge < -0.3 is 10.1 Å². The molecule has 86 valence electrons. The molecule has 0 heterocycles. The maximum atomic E-state index is 11.5. The second-order valence-corrected chi connectivity index (χ2v) is 4.22. The predicted molar refractivity (Wildman–Crippen MR) is 62.4 cm³/mol. The van der Waals surface area contributed by atoms with Crippen LogP contribution in [0.5, 0.6) is 0 Å². The molecule has 0 radical (unpaired) electrons. The van der Waals surface area contributed by atoms with Gasteiger partial charge in [0.05, 0.1) is 0 Å². The van der Waals surface area contributed by atoms with Gasteiger partial charge in [-0.15, -0.1) is 0 Å². The van der Waals surface area contributed by atoms with Crippen molar-refractivity contribution in [1.29, 1.82) is 0 Å². The molecule has 0 saturated heterocycles. The van der Waals surface area contributed by atoms with Crippen LogP contribution >= 0.6 is 0 Å². The zero-order chi connectivity index (χ0) is 11.5. The van der Waals surface area contributed by atoms with Crippen LogP contribution in [0.1, 0.15) is 24.0 Å². The van der Waals surface area contributed by atoms with E-state index in [1.807, 2.05) is 6.07 Å².